The van der Waals surface area contributed by atoms with Crippen LogP contribution in [-0.4, -0.2) is 71.7 Å². The lowest BCUT2D eigenvalue weighted by atomic mass is 9.80. The monoisotopic (exact) mass is 529 g/mol. The molecule has 3 atom stereocenters. The van der Waals surface area contributed by atoms with Crippen LogP contribution < -0.4 is 26.4 Å². The molecule has 0 saturated heterocycles. The van der Waals surface area contributed by atoms with E-state index in [1.807, 2.05) is 0 Å². The number of hydrogen-bond donors (Lipinski definition) is 5. The quantitative estimate of drug-likeness (QED) is 0.142. The van der Waals surface area contributed by atoms with Crippen molar-refractivity contribution in [3.63, 3.8) is 0 Å². The lowest BCUT2D eigenvalue weighted by Crippen LogP contribution is -2.35. The Labute approximate surface area is 218 Å². The summed E-state index contributed by atoms with van der Waals surface area (Å²) >= 11 is 0. The van der Waals surface area contributed by atoms with E-state index >= 15 is 0 Å². The Morgan fingerprint density at radius 1 is 0.917 bits per heavy atom. The van der Waals surface area contributed by atoms with Crippen molar-refractivity contribution in [3.05, 3.63) is 0 Å². The topological polar surface area (TPSA) is 142 Å². The zero-order chi connectivity index (χ0) is 26.4. The molecule has 10 heteroatoms. The maximum absolute atomic E-state index is 12.5. The van der Waals surface area contributed by atoms with Gasteiger partial charge >= 0.3 is 0 Å². The number of unbranched alkanes of at least 4 members (excludes halogenated alkanes) is 3. The molecular weight excluding hydrogens is 478 g/mol. The molecule has 3 unspecified atom stereocenters. The highest BCUT2D eigenvalue weighted by Crippen LogP contribution is 2.58. The summed E-state index contributed by atoms with van der Waals surface area (Å²) in [6, 6.07) is 0. The fraction of sp³-hybridized carbons (Fsp3) is 0.923. The number of hydrogen-bond acceptors (Lipinski definition) is 7. The maximum atomic E-state index is 12.5. The van der Waals surface area contributed by atoms with Crippen LogP contribution in [0.1, 0.15) is 78.1 Å². The van der Waals surface area contributed by atoms with Gasteiger partial charge in [0.05, 0.1) is 5.75 Å². The molecule has 0 aromatic rings. The SMILES string of the molecule is CC1(C)C2CC(=O)C1C(CS(=O)(=O)NCCCCCC(=O)NCCCNCCCCNCCCN)C2. The summed E-state index contributed by atoms with van der Waals surface area (Å²) in [7, 11) is -3.39. The summed E-state index contributed by atoms with van der Waals surface area (Å²) in [6.07, 6.45) is 8.40. The van der Waals surface area contributed by atoms with Crippen LogP contribution >= 0.6 is 0 Å². The van der Waals surface area contributed by atoms with Gasteiger partial charge in [-0.25, -0.2) is 13.1 Å². The average Bonchev–Trinajstić information content (AvgIpc) is 3.17. The molecule has 2 saturated carbocycles. The van der Waals surface area contributed by atoms with Crippen LogP contribution in [0.5, 0.6) is 0 Å². The van der Waals surface area contributed by atoms with E-state index in [0.29, 0.717) is 38.3 Å². The van der Waals surface area contributed by atoms with Crippen LogP contribution in [0, 0.1) is 23.2 Å². The van der Waals surface area contributed by atoms with Gasteiger partial charge < -0.3 is 21.7 Å². The van der Waals surface area contributed by atoms with Crippen LogP contribution in [0.3, 0.4) is 0 Å². The second-order valence-corrected chi connectivity index (χ2v) is 13.1. The summed E-state index contributed by atoms with van der Waals surface area (Å²) in [5.41, 5.74) is 5.38. The van der Waals surface area contributed by atoms with E-state index in [-0.39, 0.29) is 34.7 Å². The highest BCUT2D eigenvalue weighted by Gasteiger charge is 2.58. The van der Waals surface area contributed by atoms with Gasteiger partial charge in [-0.3, -0.25) is 9.59 Å². The predicted octanol–water partition coefficient (Wildman–Crippen LogP) is 1.53. The molecule has 0 radical (unpaired) electrons. The molecule has 1 amide bonds. The smallest absolute Gasteiger partial charge is 0.219 e. The van der Waals surface area contributed by atoms with Crippen LogP contribution in [-0.2, 0) is 19.6 Å². The highest BCUT2D eigenvalue weighted by atomic mass is 32.2. The molecule has 9 nitrogen and oxygen atoms in total. The molecule has 0 aliphatic heterocycles. The van der Waals surface area contributed by atoms with Crippen LogP contribution in [0.2, 0.25) is 0 Å². The third kappa shape index (κ3) is 10.7. The minimum Gasteiger partial charge on any atom is -0.356 e. The first kappa shape index (κ1) is 31.1. The molecule has 6 N–H and O–H groups in total. The molecule has 210 valence electrons. The van der Waals surface area contributed by atoms with E-state index in [1.165, 1.54) is 0 Å². The summed E-state index contributed by atoms with van der Waals surface area (Å²) in [6.45, 7) is 9.93. The van der Waals surface area contributed by atoms with Gasteiger partial charge in [-0.05, 0) is 94.9 Å². The molecule has 0 heterocycles. The molecule has 2 bridgehead atoms. The second kappa shape index (κ2) is 16.0. The molecule has 0 aromatic carbocycles. The Bertz CT molecular complexity index is 774. The number of fused-ring (bicyclic) bond motifs is 2. The van der Waals surface area contributed by atoms with Crippen molar-refractivity contribution in [1.29, 1.82) is 0 Å². The van der Waals surface area contributed by atoms with E-state index in [9.17, 15) is 18.0 Å². The number of carbonyl (C=O) groups excluding carboxylic acids is 2. The number of rotatable bonds is 21. The first-order valence-corrected chi connectivity index (χ1v) is 15.7. The highest BCUT2D eigenvalue weighted by molar-refractivity contribution is 7.89. The first-order valence-electron chi connectivity index (χ1n) is 14.1. The van der Waals surface area contributed by atoms with Crippen molar-refractivity contribution in [2.45, 2.75) is 78.1 Å². The minimum atomic E-state index is -3.39. The van der Waals surface area contributed by atoms with Crippen LogP contribution in [0.25, 0.3) is 0 Å². The van der Waals surface area contributed by atoms with Gasteiger partial charge in [0.25, 0.3) is 0 Å². The van der Waals surface area contributed by atoms with Gasteiger partial charge in [0.2, 0.25) is 15.9 Å². The zero-order valence-electron chi connectivity index (χ0n) is 22.6. The van der Waals surface area contributed by atoms with Crippen molar-refractivity contribution in [1.82, 2.24) is 20.7 Å². The number of nitrogens with two attached hydrogens (primary N) is 1. The van der Waals surface area contributed by atoms with E-state index in [2.05, 4.69) is 34.5 Å². The standard InChI is InChI=1S/C26H51N5O4S/c1-26(2)22-18-21(25(26)23(32)19-22)20-36(34,35)31-17-5-3-4-10-24(33)30-16-9-15-29-13-7-6-12-28-14-8-11-27/h21-22,25,28-29,31H,3-20,27H2,1-2H3,(H,30,33). The Morgan fingerprint density at radius 3 is 2.19 bits per heavy atom. The Hall–Kier alpha value is -1.07. The molecule has 2 fully saturated rings. The van der Waals surface area contributed by atoms with E-state index in [1.54, 1.807) is 0 Å². The lowest BCUT2D eigenvalue weighted by molar-refractivity contribution is -0.124. The van der Waals surface area contributed by atoms with Crippen LogP contribution in [0.15, 0.2) is 0 Å². The third-order valence-electron chi connectivity index (χ3n) is 7.91. The third-order valence-corrected chi connectivity index (χ3v) is 9.42. The first-order chi connectivity index (χ1) is 17.2. The largest absolute Gasteiger partial charge is 0.356 e. The van der Waals surface area contributed by atoms with Crippen molar-refractivity contribution in [2.75, 3.05) is 51.6 Å². The number of nitrogens with one attached hydrogen (secondary N) is 4. The molecule has 2 rings (SSSR count). The lowest BCUT2D eigenvalue weighted by Gasteiger charge is -2.25. The number of sulfonamides is 1. The predicted molar refractivity (Wildman–Crippen MR) is 145 cm³/mol. The van der Waals surface area contributed by atoms with E-state index < -0.39 is 10.0 Å². The van der Waals surface area contributed by atoms with Crippen LogP contribution in [0.4, 0.5) is 0 Å². The van der Waals surface area contributed by atoms with Gasteiger partial charge in [-0.15, -0.1) is 0 Å². The number of amides is 1. The molecule has 0 aromatic heterocycles. The maximum Gasteiger partial charge on any atom is 0.219 e. The summed E-state index contributed by atoms with van der Waals surface area (Å²) < 4.78 is 27.7. The van der Waals surface area contributed by atoms with Gasteiger partial charge in [0.1, 0.15) is 5.78 Å². The minimum absolute atomic E-state index is 0.0487. The van der Waals surface area contributed by atoms with Crippen molar-refractivity contribution < 1.29 is 18.0 Å². The fourth-order valence-corrected chi connectivity index (χ4v) is 7.35. The van der Waals surface area contributed by atoms with Gasteiger partial charge in [0, 0.05) is 31.8 Å². The van der Waals surface area contributed by atoms with Gasteiger partial charge in [-0.1, -0.05) is 20.3 Å². The van der Waals surface area contributed by atoms with Crippen molar-refractivity contribution in [2.24, 2.45) is 28.9 Å². The Kier molecular flexibility index (Phi) is 13.9. The molecule has 36 heavy (non-hydrogen) atoms. The second-order valence-electron chi connectivity index (χ2n) is 11.2. The van der Waals surface area contributed by atoms with E-state index in [4.69, 9.17) is 5.73 Å². The zero-order valence-corrected chi connectivity index (χ0v) is 23.4. The summed E-state index contributed by atoms with van der Waals surface area (Å²) in [5.74, 6) is 0.491. The summed E-state index contributed by atoms with van der Waals surface area (Å²) in [4.78, 5) is 24.2. The number of Topliss-reactive ketones (excluding diaryl/α,β-unsaturated/α-hetero) is 1. The van der Waals surface area contributed by atoms with Gasteiger partial charge in [-0.2, -0.15) is 0 Å². The van der Waals surface area contributed by atoms with Gasteiger partial charge in [0.15, 0.2) is 0 Å². The molecule has 2 aliphatic rings. The average molecular weight is 530 g/mol. The Balaban J connectivity index is 1.40. The summed E-state index contributed by atoms with van der Waals surface area (Å²) in [5, 5.41) is 9.73. The fourth-order valence-electron chi connectivity index (χ4n) is 5.89. The Morgan fingerprint density at radius 2 is 1.56 bits per heavy atom. The van der Waals surface area contributed by atoms with E-state index in [0.717, 1.165) is 77.7 Å². The van der Waals surface area contributed by atoms with Crippen molar-refractivity contribution >= 4 is 21.7 Å². The molecular formula is C26H51N5O4S. The molecule has 2 aliphatic carbocycles. The number of carbonyl (C=O) groups is 2. The molecule has 0 spiro atoms. The number of ketones is 1. The normalized spacial score (nSPS) is 22.9. The van der Waals surface area contributed by atoms with Crippen molar-refractivity contribution in [3.8, 4) is 0 Å².